The number of ether oxygens (including phenoxy) is 2. The molecule has 5 nitrogen and oxygen atoms in total. The summed E-state index contributed by atoms with van der Waals surface area (Å²) in [6.07, 6.45) is 0. The monoisotopic (exact) mass is 468 g/mol. The zero-order valence-corrected chi connectivity index (χ0v) is 18.6. The zero-order valence-electron chi connectivity index (χ0n) is 17.0. The van der Waals surface area contributed by atoms with Gasteiger partial charge < -0.3 is 19.3 Å². The van der Waals surface area contributed by atoms with Gasteiger partial charge in [-0.1, -0.05) is 42.5 Å². The van der Waals surface area contributed by atoms with Crippen LogP contribution in [0.5, 0.6) is 5.75 Å². The molecule has 3 aromatic rings. The van der Waals surface area contributed by atoms with Crippen LogP contribution in [-0.2, 0) is 16.1 Å². The number of anilines is 1. The van der Waals surface area contributed by atoms with Crippen molar-refractivity contribution in [3.63, 3.8) is 0 Å². The highest BCUT2D eigenvalue weighted by Crippen LogP contribution is 2.33. The van der Waals surface area contributed by atoms with Crippen LogP contribution in [0.1, 0.15) is 5.56 Å². The molecule has 6 heteroatoms. The summed E-state index contributed by atoms with van der Waals surface area (Å²) in [6, 6.07) is 20.3. The molecule has 0 unspecified atom stereocenters. The number of benzene rings is 3. The first-order valence-electron chi connectivity index (χ1n) is 10.1. The molecule has 0 aromatic heterocycles. The van der Waals surface area contributed by atoms with E-state index in [-0.39, 0.29) is 12.5 Å². The van der Waals surface area contributed by atoms with Crippen molar-refractivity contribution in [1.29, 1.82) is 0 Å². The number of hydrogen-bond acceptors (Lipinski definition) is 4. The van der Waals surface area contributed by atoms with E-state index in [2.05, 4.69) is 45.1 Å². The lowest BCUT2D eigenvalue weighted by Crippen LogP contribution is -2.36. The summed E-state index contributed by atoms with van der Waals surface area (Å²) in [6.45, 7) is 3.92. The van der Waals surface area contributed by atoms with Crippen molar-refractivity contribution in [2.24, 2.45) is 0 Å². The lowest BCUT2D eigenvalue weighted by atomic mass is 10.1. The number of hydrogen-bond donors (Lipinski definition) is 0. The summed E-state index contributed by atoms with van der Waals surface area (Å²) >= 11 is 3.60. The summed E-state index contributed by atoms with van der Waals surface area (Å²) in [4.78, 5) is 16.6. The number of amides is 1. The molecule has 0 atom stereocenters. The first-order valence-corrected chi connectivity index (χ1v) is 10.9. The molecule has 1 fully saturated rings. The van der Waals surface area contributed by atoms with Crippen molar-refractivity contribution in [2.45, 2.75) is 6.54 Å². The lowest BCUT2D eigenvalue weighted by molar-refractivity contribution is -0.132. The van der Waals surface area contributed by atoms with Gasteiger partial charge in [0.1, 0.15) is 5.75 Å². The quantitative estimate of drug-likeness (QED) is 0.534. The molecular formula is C24H25BrN2O3. The Labute approximate surface area is 185 Å². The van der Waals surface area contributed by atoms with Crippen LogP contribution in [0.25, 0.3) is 10.8 Å². The van der Waals surface area contributed by atoms with Crippen molar-refractivity contribution < 1.29 is 14.3 Å². The molecule has 0 saturated carbocycles. The number of morpholine rings is 1. The maximum Gasteiger partial charge on any atom is 0.260 e. The minimum Gasteiger partial charge on any atom is -0.483 e. The van der Waals surface area contributed by atoms with Crippen LogP contribution in [0.4, 0.5) is 5.69 Å². The number of likely N-dealkylation sites (N-methyl/N-ethyl adjacent to an activating group) is 1. The molecule has 1 aliphatic heterocycles. The normalized spacial score (nSPS) is 14.0. The van der Waals surface area contributed by atoms with E-state index in [0.29, 0.717) is 12.3 Å². The standard InChI is InChI=1S/C24H25BrN2O3/c1-26(16-18-6-9-20(10-7-18)27-12-14-29-15-13-27)23(28)17-30-22-11-8-19-4-2-3-5-21(19)24(22)25/h2-11H,12-17H2,1H3. The van der Waals surface area contributed by atoms with Gasteiger partial charge in [-0.05, 0) is 50.5 Å². The fourth-order valence-electron chi connectivity index (χ4n) is 3.57. The minimum absolute atomic E-state index is 0.000693. The predicted molar refractivity (Wildman–Crippen MR) is 123 cm³/mol. The molecule has 0 spiro atoms. The Hall–Kier alpha value is -2.57. The molecule has 1 saturated heterocycles. The van der Waals surface area contributed by atoms with Crippen molar-refractivity contribution in [2.75, 3.05) is 44.9 Å². The molecule has 30 heavy (non-hydrogen) atoms. The molecule has 4 rings (SSSR count). The van der Waals surface area contributed by atoms with E-state index in [1.165, 1.54) is 5.69 Å². The largest absolute Gasteiger partial charge is 0.483 e. The zero-order chi connectivity index (χ0) is 20.9. The van der Waals surface area contributed by atoms with Gasteiger partial charge in [-0.15, -0.1) is 0 Å². The van der Waals surface area contributed by atoms with Gasteiger partial charge in [-0.3, -0.25) is 4.79 Å². The van der Waals surface area contributed by atoms with Gasteiger partial charge in [0.25, 0.3) is 5.91 Å². The van der Waals surface area contributed by atoms with E-state index < -0.39 is 0 Å². The van der Waals surface area contributed by atoms with Gasteiger partial charge in [0, 0.05) is 32.4 Å². The van der Waals surface area contributed by atoms with E-state index in [9.17, 15) is 4.79 Å². The third-order valence-electron chi connectivity index (χ3n) is 5.34. The smallest absolute Gasteiger partial charge is 0.260 e. The highest BCUT2D eigenvalue weighted by molar-refractivity contribution is 9.10. The van der Waals surface area contributed by atoms with Crippen LogP contribution < -0.4 is 9.64 Å². The lowest BCUT2D eigenvalue weighted by Gasteiger charge is -2.29. The van der Waals surface area contributed by atoms with Crippen molar-refractivity contribution >= 4 is 38.3 Å². The van der Waals surface area contributed by atoms with E-state index in [0.717, 1.165) is 47.1 Å². The van der Waals surface area contributed by atoms with Crippen molar-refractivity contribution in [1.82, 2.24) is 4.90 Å². The summed E-state index contributed by atoms with van der Waals surface area (Å²) < 4.78 is 12.1. The van der Waals surface area contributed by atoms with Gasteiger partial charge in [0.05, 0.1) is 17.7 Å². The molecule has 0 bridgehead atoms. The number of rotatable bonds is 6. The van der Waals surface area contributed by atoms with Crippen LogP contribution >= 0.6 is 15.9 Å². The maximum absolute atomic E-state index is 12.6. The molecule has 0 aliphatic carbocycles. The van der Waals surface area contributed by atoms with Crippen molar-refractivity contribution in [3.05, 3.63) is 70.7 Å². The number of halogens is 1. The third-order valence-corrected chi connectivity index (χ3v) is 6.16. The fourth-order valence-corrected chi connectivity index (χ4v) is 4.18. The molecule has 0 N–H and O–H groups in total. The van der Waals surface area contributed by atoms with Crippen LogP contribution in [0.3, 0.4) is 0 Å². The fraction of sp³-hybridized carbons (Fsp3) is 0.292. The number of nitrogens with zero attached hydrogens (tertiary/aromatic N) is 2. The Kier molecular flexibility index (Phi) is 6.55. The van der Waals surface area contributed by atoms with Crippen LogP contribution in [0.15, 0.2) is 65.1 Å². The van der Waals surface area contributed by atoms with Gasteiger partial charge in [0.2, 0.25) is 0 Å². The van der Waals surface area contributed by atoms with E-state index >= 15 is 0 Å². The molecule has 1 aliphatic rings. The van der Waals surface area contributed by atoms with Crippen molar-refractivity contribution in [3.8, 4) is 5.75 Å². The summed E-state index contributed by atoms with van der Waals surface area (Å²) in [5, 5.41) is 2.19. The molecule has 3 aromatic carbocycles. The minimum atomic E-state index is -0.0627. The second-order valence-electron chi connectivity index (χ2n) is 7.40. The first kappa shape index (κ1) is 20.7. The Bertz CT molecular complexity index is 1020. The van der Waals surface area contributed by atoms with Crippen LogP contribution in [0.2, 0.25) is 0 Å². The average Bonchev–Trinajstić information content (AvgIpc) is 2.79. The molecule has 156 valence electrons. The predicted octanol–water partition coefficient (Wildman–Crippen LogP) is 4.48. The van der Waals surface area contributed by atoms with Gasteiger partial charge >= 0.3 is 0 Å². The van der Waals surface area contributed by atoms with Gasteiger partial charge in [-0.25, -0.2) is 0 Å². The Balaban J connectivity index is 1.33. The number of carbonyl (C=O) groups excluding carboxylic acids is 1. The van der Waals surface area contributed by atoms with Gasteiger partial charge in [-0.2, -0.15) is 0 Å². The average molecular weight is 469 g/mol. The second kappa shape index (κ2) is 9.49. The number of fused-ring (bicyclic) bond motifs is 1. The SMILES string of the molecule is CN(Cc1ccc(N2CCOCC2)cc1)C(=O)COc1ccc2ccccc2c1Br. The van der Waals surface area contributed by atoms with E-state index in [1.807, 2.05) is 36.4 Å². The van der Waals surface area contributed by atoms with Crippen LogP contribution in [0, 0.1) is 0 Å². The summed E-state index contributed by atoms with van der Waals surface area (Å²) in [5.74, 6) is 0.609. The maximum atomic E-state index is 12.6. The Morgan fingerprint density at radius 3 is 2.57 bits per heavy atom. The molecule has 0 radical (unpaired) electrons. The molecule has 1 amide bonds. The van der Waals surface area contributed by atoms with Crippen LogP contribution in [-0.4, -0.2) is 50.8 Å². The Morgan fingerprint density at radius 2 is 1.80 bits per heavy atom. The first-order chi connectivity index (χ1) is 14.6. The summed E-state index contributed by atoms with van der Waals surface area (Å²) in [5.41, 5.74) is 2.29. The molecular weight excluding hydrogens is 444 g/mol. The third kappa shape index (κ3) is 4.77. The van der Waals surface area contributed by atoms with E-state index in [4.69, 9.17) is 9.47 Å². The topological polar surface area (TPSA) is 42.0 Å². The van der Waals surface area contributed by atoms with E-state index in [1.54, 1.807) is 11.9 Å². The highest BCUT2D eigenvalue weighted by Gasteiger charge is 2.14. The summed E-state index contributed by atoms with van der Waals surface area (Å²) in [7, 11) is 1.80. The Morgan fingerprint density at radius 1 is 1.07 bits per heavy atom. The number of carbonyl (C=O) groups is 1. The molecule has 1 heterocycles. The second-order valence-corrected chi connectivity index (χ2v) is 8.20. The highest BCUT2D eigenvalue weighted by atomic mass is 79.9. The van der Waals surface area contributed by atoms with Gasteiger partial charge in [0.15, 0.2) is 6.61 Å².